The molecule has 106 valence electrons. The molecule has 0 aliphatic carbocycles. The molecule has 0 unspecified atom stereocenters. The van der Waals surface area contributed by atoms with Gasteiger partial charge < -0.3 is 9.80 Å². The molecule has 1 aromatic carbocycles. The molecule has 0 N–H and O–H groups in total. The van der Waals surface area contributed by atoms with Crippen molar-refractivity contribution in [2.75, 3.05) is 38.1 Å². The van der Waals surface area contributed by atoms with Crippen molar-refractivity contribution >= 4 is 17.3 Å². The summed E-state index contributed by atoms with van der Waals surface area (Å²) in [6, 6.07) is 4.41. The summed E-state index contributed by atoms with van der Waals surface area (Å²) in [6.07, 6.45) is -4.35. The summed E-state index contributed by atoms with van der Waals surface area (Å²) < 4.78 is 38.9. The van der Waals surface area contributed by atoms with Crippen molar-refractivity contribution in [3.05, 3.63) is 29.3 Å². The number of nitrogens with zero attached hydrogens (tertiary/aromatic N) is 2. The second-order valence-corrected chi connectivity index (χ2v) is 5.03. The first-order valence-electron chi connectivity index (χ1n) is 6.11. The van der Waals surface area contributed by atoms with Crippen LogP contribution in [0, 0.1) is 0 Å². The van der Waals surface area contributed by atoms with Crippen molar-refractivity contribution < 1.29 is 13.2 Å². The number of piperazine rings is 1. The van der Waals surface area contributed by atoms with E-state index in [9.17, 15) is 13.2 Å². The molecule has 1 heterocycles. The average molecular weight is 293 g/mol. The highest BCUT2D eigenvalue weighted by Crippen LogP contribution is 2.35. The van der Waals surface area contributed by atoms with Crippen LogP contribution in [0.1, 0.15) is 11.1 Å². The van der Waals surface area contributed by atoms with Gasteiger partial charge in [0.1, 0.15) is 0 Å². The Kier molecular flexibility index (Phi) is 4.26. The van der Waals surface area contributed by atoms with Gasteiger partial charge in [-0.25, -0.2) is 0 Å². The summed E-state index contributed by atoms with van der Waals surface area (Å²) in [5.74, 6) is -0.127. The van der Waals surface area contributed by atoms with E-state index in [2.05, 4.69) is 4.90 Å². The Morgan fingerprint density at radius 2 is 1.79 bits per heavy atom. The number of alkyl halides is 4. The molecule has 19 heavy (non-hydrogen) atoms. The van der Waals surface area contributed by atoms with E-state index < -0.39 is 11.7 Å². The number of rotatable bonds is 2. The van der Waals surface area contributed by atoms with Crippen molar-refractivity contribution in [1.29, 1.82) is 0 Å². The molecule has 0 atom stereocenters. The molecule has 2 rings (SSSR count). The van der Waals surface area contributed by atoms with E-state index in [4.69, 9.17) is 11.6 Å². The van der Waals surface area contributed by atoms with Crippen LogP contribution in [-0.2, 0) is 12.1 Å². The normalized spacial score (nSPS) is 17.8. The van der Waals surface area contributed by atoms with Crippen LogP contribution in [0.25, 0.3) is 0 Å². The number of likely N-dealkylation sites (N-methyl/N-ethyl adjacent to an activating group) is 1. The predicted octanol–water partition coefficient (Wildman–Crippen LogP) is 3.20. The van der Waals surface area contributed by atoms with Crippen LogP contribution in [0.15, 0.2) is 18.2 Å². The Bertz CT molecular complexity index is 440. The number of benzene rings is 1. The molecule has 0 amide bonds. The Balaban J connectivity index is 2.28. The van der Waals surface area contributed by atoms with E-state index in [1.807, 2.05) is 11.9 Å². The molecule has 0 aromatic heterocycles. The van der Waals surface area contributed by atoms with Crippen LogP contribution < -0.4 is 4.90 Å². The topological polar surface area (TPSA) is 6.48 Å². The molecule has 1 aliphatic heterocycles. The lowest BCUT2D eigenvalue weighted by Gasteiger charge is -2.34. The zero-order valence-electron chi connectivity index (χ0n) is 10.7. The van der Waals surface area contributed by atoms with Gasteiger partial charge >= 0.3 is 6.18 Å². The maximum Gasteiger partial charge on any atom is 0.416 e. The fraction of sp³-hybridized carbons (Fsp3) is 0.538. The Labute approximate surface area is 115 Å². The van der Waals surface area contributed by atoms with E-state index in [1.54, 1.807) is 6.07 Å². The molecule has 0 bridgehead atoms. The monoisotopic (exact) mass is 292 g/mol. The first-order valence-corrected chi connectivity index (χ1v) is 6.65. The fourth-order valence-corrected chi connectivity index (χ4v) is 2.44. The van der Waals surface area contributed by atoms with Gasteiger partial charge in [-0.2, -0.15) is 13.2 Å². The zero-order chi connectivity index (χ0) is 14.0. The van der Waals surface area contributed by atoms with Crippen molar-refractivity contribution in [2.45, 2.75) is 12.1 Å². The highest BCUT2D eigenvalue weighted by atomic mass is 35.5. The minimum absolute atomic E-state index is 0.127. The van der Waals surface area contributed by atoms with Crippen molar-refractivity contribution in [3.63, 3.8) is 0 Å². The smallest absolute Gasteiger partial charge is 0.369 e. The molecule has 0 radical (unpaired) electrons. The number of anilines is 1. The number of hydrogen-bond acceptors (Lipinski definition) is 2. The summed E-state index contributed by atoms with van der Waals surface area (Å²) in [5.41, 5.74) is 0.125. The molecule has 0 saturated carbocycles. The summed E-state index contributed by atoms with van der Waals surface area (Å²) in [7, 11) is 2.01. The first-order chi connectivity index (χ1) is 8.91. The molecule has 1 aromatic rings. The highest BCUT2D eigenvalue weighted by molar-refractivity contribution is 6.17. The van der Waals surface area contributed by atoms with E-state index in [-0.39, 0.29) is 11.4 Å². The average Bonchev–Trinajstić information content (AvgIpc) is 2.38. The third-order valence-corrected chi connectivity index (χ3v) is 3.70. The molecular weight excluding hydrogens is 277 g/mol. The SMILES string of the molecule is CN1CCN(c2ccc(CCl)c(C(F)(F)F)c2)CC1. The minimum atomic E-state index is -4.35. The van der Waals surface area contributed by atoms with Gasteiger partial charge in [0.25, 0.3) is 0 Å². The lowest BCUT2D eigenvalue weighted by molar-refractivity contribution is -0.138. The van der Waals surface area contributed by atoms with Crippen molar-refractivity contribution in [3.8, 4) is 0 Å². The summed E-state index contributed by atoms with van der Waals surface area (Å²) in [4.78, 5) is 4.14. The maximum atomic E-state index is 13.0. The van der Waals surface area contributed by atoms with Crippen LogP contribution in [0.5, 0.6) is 0 Å². The van der Waals surface area contributed by atoms with Gasteiger partial charge in [0, 0.05) is 37.7 Å². The van der Waals surface area contributed by atoms with E-state index in [0.29, 0.717) is 5.69 Å². The summed E-state index contributed by atoms with van der Waals surface area (Å²) in [5, 5.41) is 0. The van der Waals surface area contributed by atoms with Gasteiger partial charge in [-0.3, -0.25) is 0 Å². The molecular formula is C13H16ClF3N2. The standard InChI is InChI=1S/C13H16ClF3N2/c1-18-4-6-19(7-5-18)11-3-2-10(9-14)12(8-11)13(15,16)17/h2-3,8H,4-7,9H2,1H3. The Morgan fingerprint density at radius 1 is 1.16 bits per heavy atom. The lowest BCUT2D eigenvalue weighted by Crippen LogP contribution is -2.44. The first kappa shape index (κ1) is 14.5. The molecule has 1 aliphatic rings. The van der Waals surface area contributed by atoms with E-state index >= 15 is 0 Å². The Morgan fingerprint density at radius 3 is 2.32 bits per heavy atom. The van der Waals surface area contributed by atoms with Gasteiger partial charge in [0.05, 0.1) is 5.56 Å². The summed E-state index contributed by atoms with van der Waals surface area (Å²) in [6.45, 7) is 3.21. The quantitative estimate of drug-likeness (QED) is 0.773. The van der Waals surface area contributed by atoms with Gasteiger partial charge in [-0.1, -0.05) is 6.07 Å². The molecule has 2 nitrogen and oxygen atoms in total. The second-order valence-electron chi connectivity index (χ2n) is 4.76. The van der Waals surface area contributed by atoms with E-state index in [1.165, 1.54) is 12.1 Å². The van der Waals surface area contributed by atoms with Crippen LogP contribution in [-0.4, -0.2) is 38.1 Å². The van der Waals surface area contributed by atoms with Crippen molar-refractivity contribution in [1.82, 2.24) is 4.90 Å². The van der Waals surface area contributed by atoms with Gasteiger partial charge in [-0.05, 0) is 24.7 Å². The van der Waals surface area contributed by atoms with Crippen LogP contribution in [0.3, 0.4) is 0 Å². The van der Waals surface area contributed by atoms with E-state index in [0.717, 1.165) is 26.2 Å². The maximum absolute atomic E-state index is 13.0. The summed E-state index contributed by atoms with van der Waals surface area (Å²) >= 11 is 5.58. The third kappa shape index (κ3) is 3.34. The number of halogens is 4. The van der Waals surface area contributed by atoms with Crippen molar-refractivity contribution in [2.24, 2.45) is 0 Å². The largest absolute Gasteiger partial charge is 0.416 e. The van der Waals surface area contributed by atoms with Gasteiger partial charge in [-0.15, -0.1) is 11.6 Å². The van der Waals surface area contributed by atoms with Gasteiger partial charge in [0.15, 0.2) is 0 Å². The molecule has 6 heteroatoms. The molecule has 0 spiro atoms. The number of hydrogen-bond donors (Lipinski definition) is 0. The lowest BCUT2D eigenvalue weighted by atomic mass is 10.1. The van der Waals surface area contributed by atoms with Crippen LogP contribution in [0.4, 0.5) is 18.9 Å². The van der Waals surface area contributed by atoms with Crippen LogP contribution >= 0.6 is 11.6 Å². The zero-order valence-corrected chi connectivity index (χ0v) is 11.4. The minimum Gasteiger partial charge on any atom is -0.369 e. The van der Waals surface area contributed by atoms with Gasteiger partial charge in [0.2, 0.25) is 0 Å². The Hall–Kier alpha value is -0.940. The third-order valence-electron chi connectivity index (χ3n) is 3.41. The highest BCUT2D eigenvalue weighted by Gasteiger charge is 2.33. The predicted molar refractivity (Wildman–Crippen MR) is 70.7 cm³/mol. The second kappa shape index (κ2) is 5.59. The fourth-order valence-electron chi connectivity index (χ4n) is 2.21. The molecule has 1 fully saturated rings. The van der Waals surface area contributed by atoms with Crippen LogP contribution in [0.2, 0.25) is 0 Å². The molecule has 1 saturated heterocycles.